The van der Waals surface area contributed by atoms with Gasteiger partial charge in [0.25, 0.3) is 0 Å². The van der Waals surface area contributed by atoms with E-state index in [0.717, 1.165) is 68.1 Å². The molecular formula is C50H64O9S34. The van der Waals surface area contributed by atoms with Crippen LogP contribution >= 0.6 is 0 Å². The lowest BCUT2D eigenvalue weighted by Crippen LogP contribution is -2.34. The minimum atomic E-state index is -0.861. The number of methoxy groups -OCH3 is 3. The molecule has 522 valence electrons. The molecule has 43 heteroatoms. The van der Waals surface area contributed by atoms with Crippen molar-refractivity contribution in [2.75, 3.05) is 21.3 Å². The van der Waals surface area contributed by atoms with Crippen LogP contribution in [0.4, 0.5) is 0 Å². The predicted molar refractivity (Wildman–Crippen MR) is 482 cm³/mol. The summed E-state index contributed by atoms with van der Waals surface area (Å²) in [5.74, 6) is -0.996. The second-order valence-corrected chi connectivity index (χ2v) is 74.8. The van der Waals surface area contributed by atoms with E-state index in [-0.39, 0.29) is 40.9 Å². The number of ether oxygens (including phenoxy) is 3. The van der Waals surface area contributed by atoms with Crippen LogP contribution in [0.2, 0.25) is 0 Å². The highest BCUT2D eigenvalue weighted by atomic mass is 33.5. The molecule has 2 N–H and O–H groups in total. The van der Waals surface area contributed by atoms with E-state index >= 15 is 0 Å². The summed E-state index contributed by atoms with van der Waals surface area (Å²) in [6, 6.07) is 23.5. The highest BCUT2D eigenvalue weighted by Gasteiger charge is 2.45. The number of benzene rings is 4. The molecule has 0 atom stereocenters. The number of carbonyl (C=O) groups excluding carboxylic acids is 3. The monoisotopic (exact) mass is 1900 g/mol. The van der Waals surface area contributed by atoms with Crippen molar-refractivity contribution >= 4 is 330 Å². The van der Waals surface area contributed by atoms with Gasteiger partial charge < -0.3 is 24.4 Å². The SMILES string of the molecule is COC(=O)C1(c2ccc(C)c(C)c2)CCCC1.COC(=O)C1(c2ccc(C)c(C)c2)CCCC1.COC(=O)Cc1ccc(C)c(C)c1.Cc1cc(CC(=O)O)ccc1O.S=S=S=S=S=S=S=S=S=S=S=S=S=S=S=S=S=S=S=S=S=S=S=S=S=S=S=S=S=S=S=S=S=S. The molecule has 0 amide bonds. The predicted octanol–water partition coefficient (Wildman–Crippen LogP) is 9.84. The van der Waals surface area contributed by atoms with Crippen LogP contribution in [-0.4, -0.2) is 55.4 Å². The van der Waals surface area contributed by atoms with E-state index in [9.17, 15) is 19.2 Å². The van der Waals surface area contributed by atoms with E-state index in [2.05, 4.69) is 75.8 Å². The molecule has 0 spiro atoms. The minimum absolute atomic E-state index is 0.00111. The summed E-state index contributed by atoms with van der Waals surface area (Å²) in [5, 5.41) is 17.6. The molecule has 4 aromatic carbocycles. The highest BCUT2D eigenvalue weighted by molar-refractivity contribution is 8.80. The molecule has 0 bridgehead atoms. The summed E-state index contributed by atoms with van der Waals surface area (Å²) < 4.78 is 14.6. The Hall–Kier alpha value is 2.04. The Kier molecular flexibility index (Phi) is 56.3. The third-order valence-corrected chi connectivity index (χ3v) is 81.7. The molecule has 0 heterocycles. The molecule has 0 radical (unpaired) electrons. The van der Waals surface area contributed by atoms with Gasteiger partial charge in [0.15, 0.2) is 0 Å². The van der Waals surface area contributed by atoms with Crippen molar-refractivity contribution in [2.45, 2.75) is 124 Å². The number of carboxylic acids is 1. The van der Waals surface area contributed by atoms with E-state index in [0.29, 0.717) is 17.5 Å². The van der Waals surface area contributed by atoms with Crippen molar-refractivity contribution in [3.63, 3.8) is 0 Å². The van der Waals surface area contributed by atoms with Crippen LogP contribution in [0.25, 0.3) is 0 Å². The van der Waals surface area contributed by atoms with Gasteiger partial charge in [0.05, 0.1) is 45.0 Å². The van der Waals surface area contributed by atoms with E-state index in [1.807, 2.05) is 185 Å². The fourth-order valence-corrected chi connectivity index (χ4v) is 90.5. The van der Waals surface area contributed by atoms with Crippen LogP contribution in [0.15, 0.2) is 72.8 Å². The molecule has 2 fully saturated rings. The molecule has 2 saturated carbocycles. The summed E-state index contributed by atoms with van der Waals surface area (Å²) >= 11 is 9.59. The molecule has 0 aliphatic heterocycles. The molecule has 4 aromatic rings. The summed E-state index contributed by atoms with van der Waals surface area (Å²) in [5.41, 5.74) is 11.4. The first kappa shape index (κ1) is 91.1. The van der Waals surface area contributed by atoms with Crippen molar-refractivity contribution < 1.29 is 43.6 Å². The van der Waals surface area contributed by atoms with Gasteiger partial charge in [-0.05, 0) is 141 Å². The number of aliphatic carboxylic acids is 1. The van der Waals surface area contributed by atoms with Crippen LogP contribution in [0.3, 0.4) is 0 Å². The largest absolute Gasteiger partial charge is 0.508 e. The van der Waals surface area contributed by atoms with Gasteiger partial charge in [0.1, 0.15) is 5.75 Å². The van der Waals surface area contributed by atoms with Crippen molar-refractivity contribution in [3.05, 3.63) is 134 Å². The number of carboxylic acid groups (broad SMARTS) is 1. The molecule has 2 aliphatic rings. The van der Waals surface area contributed by atoms with Crippen LogP contribution in [0, 0.1) is 48.5 Å². The van der Waals surface area contributed by atoms with Gasteiger partial charge in [0.2, 0.25) is 0 Å². The number of hydrogen-bond acceptors (Lipinski definition) is 10. The number of aryl methyl sites for hydroxylation is 7. The second-order valence-electron chi connectivity index (χ2n) is 18.2. The van der Waals surface area contributed by atoms with Crippen molar-refractivity contribution in [1.82, 2.24) is 0 Å². The van der Waals surface area contributed by atoms with Gasteiger partial charge in [-0.1, -0.05) is 92.4 Å². The third kappa shape index (κ3) is 40.0. The average molecular weight is 1900 g/mol. The number of rotatable bonds is 8. The summed E-state index contributed by atoms with van der Waals surface area (Å²) in [4.78, 5) is 45.5. The topological polar surface area (TPSA) is 136 Å². The van der Waals surface area contributed by atoms with Crippen LogP contribution in [0.5, 0.6) is 5.75 Å². The fourth-order valence-electron chi connectivity index (χ4n) is 8.14. The van der Waals surface area contributed by atoms with Crippen LogP contribution in [-0.2, 0) is 364 Å². The van der Waals surface area contributed by atoms with Crippen LogP contribution in [0.1, 0.15) is 113 Å². The number of phenolic OH excluding ortho intramolecular Hbond substituents is 1. The number of aromatic hydroxyl groups is 1. The van der Waals surface area contributed by atoms with Gasteiger partial charge >= 0.3 is 23.9 Å². The summed E-state index contributed by atoms with van der Waals surface area (Å²) in [6.07, 6.45) is 8.49. The van der Waals surface area contributed by atoms with Crippen LogP contribution < -0.4 is 0 Å². The van der Waals surface area contributed by atoms with E-state index in [1.165, 1.54) is 78.5 Å². The Balaban J connectivity index is 0.000000421. The van der Waals surface area contributed by atoms with E-state index in [4.69, 9.17) is 42.1 Å². The molecule has 0 aromatic heterocycles. The zero-order valence-corrected chi connectivity index (χ0v) is 78.4. The maximum atomic E-state index is 12.1. The number of phenols is 1. The van der Waals surface area contributed by atoms with Gasteiger partial charge in [-0.3, -0.25) is 19.2 Å². The molecule has 2 aliphatic carbocycles. The zero-order chi connectivity index (χ0) is 68.5. The van der Waals surface area contributed by atoms with Gasteiger partial charge in [-0.25, -0.2) is 0 Å². The standard InChI is InChI=1S/2C15H20O2.C11H14O2.C9H10O3.S34/c2*1-11-6-7-13(10-12(11)2)15(14(16)17-3)8-4-5-9-15;1-8-4-5-10(6-9(8)2)7-11(12)13-3;1-6-4-7(5-9(11)12)2-3-8(6)10;1-3-5-7-9-11-13-15-17-19-21-23-25-27-29-31-33-34-32-30-28-26-24-22-20-18-16-14-12-10-8-6-4-2/h2*6-7,10H,4-5,8-9H2,1-3H3;4-6H,7H2,1-3H3;2-4,10H,5H2,1H3,(H,11,12);. The maximum absolute atomic E-state index is 12.1. The molecule has 93 heavy (non-hydrogen) atoms. The highest BCUT2D eigenvalue weighted by Crippen LogP contribution is 2.43. The Bertz CT molecular complexity index is 4630. The number of esters is 3. The maximum Gasteiger partial charge on any atom is 0.316 e. The van der Waals surface area contributed by atoms with E-state index < -0.39 is 5.97 Å². The Labute approximate surface area is 647 Å². The van der Waals surface area contributed by atoms with Crippen molar-refractivity contribution in [3.8, 4) is 5.75 Å². The van der Waals surface area contributed by atoms with Gasteiger partial charge in [-0.2, -0.15) is 0 Å². The smallest absolute Gasteiger partial charge is 0.316 e. The molecule has 0 unspecified atom stereocenters. The average Bonchev–Trinajstić information content (AvgIpc) is 1.75. The number of hydrogen-bond donors (Lipinski definition) is 2. The first-order valence-corrected chi connectivity index (χ1v) is 69.9. The minimum Gasteiger partial charge on any atom is -0.508 e. The molecule has 6 rings (SSSR count). The van der Waals surface area contributed by atoms with Gasteiger partial charge in [-0.15, -0.1) is 0 Å². The number of carbonyl (C=O) groups is 4. The Morgan fingerprint density at radius 2 is 0.634 bits per heavy atom. The first-order valence-electron chi connectivity index (χ1n) is 25.9. The quantitative estimate of drug-likeness (QED) is 0.129. The molecule has 9 nitrogen and oxygen atoms in total. The normalized spacial score (nSPS) is 12.0. The molecular weight excluding hydrogens is 1830 g/mol. The lowest BCUT2D eigenvalue weighted by atomic mass is 9.78. The van der Waals surface area contributed by atoms with E-state index in [1.54, 1.807) is 126 Å². The van der Waals surface area contributed by atoms with Gasteiger partial charge in [0, 0.05) is 307 Å². The second kappa shape index (κ2) is 57.4. The van der Waals surface area contributed by atoms with Crippen molar-refractivity contribution in [2.24, 2.45) is 0 Å². The zero-order valence-electron chi connectivity index (χ0n) is 50.6. The third-order valence-electron chi connectivity index (χ3n) is 12.8. The molecule has 0 saturated heterocycles. The Morgan fingerprint density at radius 1 is 0.366 bits per heavy atom. The summed E-state index contributed by atoms with van der Waals surface area (Å²) in [7, 11) is 60.8. The first-order chi connectivity index (χ1) is 44.8. The summed E-state index contributed by atoms with van der Waals surface area (Å²) in [6.45, 7) is 14.2. The fraction of sp³-hybridized carbons (Fsp3) is 0.440. The lowest BCUT2D eigenvalue weighted by Gasteiger charge is -2.27. The van der Waals surface area contributed by atoms with Crippen molar-refractivity contribution in [1.29, 1.82) is 0 Å². The Morgan fingerprint density at radius 3 is 0.892 bits per heavy atom. The lowest BCUT2D eigenvalue weighted by molar-refractivity contribution is -0.148.